The SMILES string of the molecule is O.[O]=[W](=[O])([OH])[OH]. The summed E-state index contributed by atoms with van der Waals surface area (Å²) < 4.78 is 32.1. The van der Waals surface area contributed by atoms with Crippen LogP contribution in [0.3, 0.4) is 0 Å². The van der Waals surface area contributed by atoms with E-state index in [9.17, 15) is 0 Å². The molecular weight excluding hydrogens is 264 g/mol. The van der Waals surface area contributed by atoms with Crippen LogP contribution in [-0.4, -0.2) is 13.0 Å². The Morgan fingerprint density at radius 1 is 1.17 bits per heavy atom. The second kappa shape index (κ2) is 2.36. The summed E-state index contributed by atoms with van der Waals surface area (Å²) in [7, 11) is 0. The molecule has 0 amide bonds. The first-order chi connectivity index (χ1) is 2.00. The Hall–Kier alpha value is 0.168. The molecule has 0 unspecified atom stereocenters. The van der Waals surface area contributed by atoms with Crippen LogP contribution < -0.4 is 0 Å². The van der Waals surface area contributed by atoms with E-state index >= 15 is 0 Å². The maximum atomic E-state index is 8.87. The van der Waals surface area contributed by atoms with E-state index in [1.807, 2.05) is 0 Å². The van der Waals surface area contributed by atoms with Crippen molar-refractivity contribution >= 4 is 0 Å². The van der Waals surface area contributed by atoms with Crippen molar-refractivity contribution in [2.24, 2.45) is 0 Å². The number of rotatable bonds is 0. The standard InChI is InChI=1S/3H2O.2O.W/h3*1H2;;;/q;;;;;+2/p-2. The van der Waals surface area contributed by atoms with Gasteiger partial charge in [0.15, 0.2) is 0 Å². The van der Waals surface area contributed by atoms with Gasteiger partial charge >= 0.3 is 31.1 Å². The zero-order chi connectivity index (χ0) is 4.50. The average molecular weight is 268 g/mol. The Morgan fingerprint density at radius 2 is 1.17 bits per heavy atom. The molecule has 0 aliphatic carbocycles. The van der Waals surface area contributed by atoms with Gasteiger partial charge in [0.1, 0.15) is 0 Å². The molecule has 0 atom stereocenters. The van der Waals surface area contributed by atoms with Crippen LogP contribution in [0.4, 0.5) is 0 Å². The normalized spacial score (nSPS) is 9.67. The van der Waals surface area contributed by atoms with E-state index in [1.54, 1.807) is 0 Å². The molecule has 0 spiro atoms. The Morgan fingerprint density at radius 3 is 1.17 bits per heavy atom. The van der Waals surface area contributed by atoms with Crippen LogP contribution in [0.15, 0.2) is 0 Å². The molecule has 6 heteroatoms. The van der Waals surface area contributed by atoms with Crippen molar-refractivity contribution in [3.05, 3.63) is 0 Å². The van der Waals surface area contributed by atoms with Gasteiger partial charge in [-0.05, 0) is 0 Å². The minimum atomic E-state index is -5.67. The van der Waals surface area contributed by atoms with E-state index in [2.05, 4.69) is 0 Å². The van der Waals surface area contributed by atoms with Crippen LogP contribution >= 0.6 is 0 Å². The summed E-state index contributed by atoms with van der Waals surface area (Å²) in [5.74, 6) is 0. The predicted octanol–water partition coefficient (Wildman–Crippen LogP) is -2.18. The van der Waals surface area contributed by atoms with Gasteiger partial charge in [-0.15, -0.1) is 0 Å². The molecule has 0 rings (SSSR count). The predicted molar refractivity (Wildman–Crippen MR) is 9.42 cm³/mol. The Labute approximate surface area is 37.3 Å². The Bertz CT molecular complexity index is 87.1. The summed E-state index contributed by atoms with van der Waals surface area (Å²) in [6.07, 6.45) is 0. The van der Waals surface area contributed by atoms with E-state index in [0.717, 1.165) is 0 Å². The van der Waals surface area contributed by atoms with Gasteiger partial charge in [0.05, 0.1) is 0 Å². The molecule has 0 aromatic rings. The molecule has 0 aliphatic rings. The van der Waals surface area contributed by atoms with Gasteiger partial charge in [-0.3, -0.25) is 0 Å². The third kappa shape index (κ3) is 1480. The van der Waals surface area contributed by atoms with E-state index in [4.69, 9.17) is 14.3 Å². The van der Waals surface area contributed by atoms with E-state index < -0.39 is 16.7 Å². The van der Waals surface area contributed by atoms with Crippen LogP contribution in [0.1, 0.15) is 0 Å². The molecule has 0 heterocycles. The summed E-state index contributed by atoms with van der Waals surface area (Å²) >= 11 is -5.67. The van der Waals surface area contributed by atoms with Crippen molar-refractivity contribution in [3.8, 4) is 0 Å². The van der Waals surface area contributed by atoms with E-state index in [-0.39, 0.29) is 5.48 Å². The summed E-state index contributed by atoms with van der Waals surface area (Å²) in [5, 5.41) is 0. The molecule has 6 heavy (non-hydrogen) atoms. The molecule has 0 aromatic carbocycles. The van der Waals surface area contributed by atoms with Crippen molar-refractivity contribution in [1.29, 1.82) is 0 Å². The molecule has 0 aliphatic heterocycles. The molecule has 0 radical (unpaired) electrons. The fourth-order valence-electron chi connectivity index (χ4n) is 0. The first-order valence-corrected chi connectivity index (χ1v) is 5.72. The first-order valence-electron chi connectivity index (χ1n) is 0.698. The topological polar surface area (TPSA) is 106 Å². The summed E-state index contributed by atoms with van der Waals surface area (Å²) in [5.41, 5.74) is 0. The van der Waals surface area contributed by atoms with Crippen molar-refractivity contribution < 1.29 is 36.5 Å². The Kier molecular flexibility index (Phi) is 3.73. The molecule has 40 valence electrons. The van der Waals surface area contributed by atoms with E-state index in [1.165, 1.54) is 0 Å². The quantitative estimate of drug-likeness (QED) is 0.521. The monoisotopic (exact) mass is 268 g/mol. The second-order valence-electron chi connectivity index (χ2n) is 0.448. The fraction of sp³-hybridized carbons (Fsp3) is 0. The van der Waals surface area contributed by atoms with Crippen LogP contribution in [0, 0.1) is 0 Å². The van der Waals surface area contributed by atoms with Crippen molar-refractivity contribution in [3.63, 3.8) is 0 Å². The van der Waals surface area contributed by atoms with E-state index in [0.29, 0.717) is 0 Å². The zero-order valence-corrected chi connectivity index (χ0v) is 5.55. The van der Waals surface area contributed by atoms with Crippen molar-refractivity contribution in [2.75, 3.05) is 0 Å². The number of hydrogen-bond acceptors (Lipinski definition) is 2. The molecule has 0 fully saturated rings. The zero-order valence-electron chi connectivity index (χ0n) is 2.62. The third-order valence-corrected chi connectivity index (χ3v) is 0. The van der Waals surface area contributed by atoms with Gasteiger partial charge in [-0.1, -0.05) is 0 Å². The molecule has 0 saturated carbocycles. The first kappa shape index (κ1) is 9.48. The maximum absolute atomic E-state index is 8.87. The summed E-state index contributed by atoms with van der Waals surface area (Å²) in [6, 6.07) is 0. The van der Waals surface area contributed by atoms with Crippen LogP contribution in [0.25, 0.3) is 0 Å². The fourth-order valence-corrected chi connectivity index (χ4v) is 0. The average Bonchev–Trinajstić information content (AvgIpc) is 0.722. The molecular formula is H4O5W. The van der Waals surface area contributed by atoms with Crippen LogP contribution in [0.5, 0.6) is 0 Å². The molecule has 4 N–H and O–H groups in total. The number of hydrogen-bond donors (Lipinski definition) is 2. The van der Waals surface area contributed by atoms with Gasteiger partial charge in [0.25, 0.3) is 0 Å². The molecule has 5 nitrogen and oxygen atoms in total. The third-order valence-electron chi connectivity index (χ3n) is 0. The van der Waals surface area contributed by atoms with Gasteiger partial charge in [0.2, 0.25) is 0 Å². The molecule has 0 bridgehead atoms. The van der Waals surface area contributed by atoms with Crippen molar-refractivity contribution in [1.82, 2.24) is 0 Å². The molecule has 0 aromatic heterocycles. The minimum absolute atomic E-state index is 0. The van der Waals surface area contributed by atoms with Crippen LogP contribution in [-0.2, 0) is 23.5 Å². The summed E-state index contributed by atoms with van der Waals surface area (Å²) in [4.78, 5) is 0. The Balaban J connectivity index is 0. The van der Waals surface area contributed by atoms with Gasteiger partial charge in [0, 0.05) is 0 Å². The molecule has 0 saturated heterocycles. The van der Waals surface area contributed by atoms with Gasteiger partial charge in [-0.25, -0.2) is 0 Å². The summed E-state index contributed by atoms with van der Waals surface area (Å²) in [6.45, 7) is 0. The van der Waals surface area contributed by atoms with Gasteiger partial charge in [-0.2, -0.15) is 0 Å². The second-order valence-corrected chi connectivity index (χ2v) is 3.67. The van der Waals surface area contributed by atoms with Crippen LogP contribution in [0.2, 0.25) is 0 Å². The van der Waals surface area contributed by atoms with Crippen molar-refractivity contribution in [2.45, 2.75) is 0 Å². The van der Waals surface area contributed by atoms with Gasteiger partial charge < -0.3 is 5.48 Å².